The lowest BCUT2D eigenvalue weighted by Gasteiger charge is -2.35. The van der Waals surface area contributed by atoms with Gasteiger partial charge in [-0.1, -0.05) is 26.8 Å². The Balaban J connectivity index is 1.25. The molecule has 200 valence electrons. The van der Waals surface area contributed by atoms with E-state index in [4.69, 9.17) is 9.47 Å². The van der Waals surface area contributed by atoms with Crippen molar-refractivity contribution in [1.82, 2.24) is 9.88 Å². The van der Waals surface area contributed by atoms with Crippen LogP contribution in [0.15, 0.2) is 47.8 Å². The first-order chi connectivity index (χ1) is 18.3. The van der Waals surface area contributed by atoms with E-state index in [-0.39, 0.29) is 23.8 Å². The zero-order valence-corrected chi connectivity index (χ0v) is 23.2. The number of thiazole rings is 1. The number of hydrogen-bond acceptors (Lipinski definition) is 7. The quantitative estimate of drug-likeness (QED) is 0.436. The summed E-state index contributed by atoms with van der Waals surface area (Å²) < 4.78 is 10.9. The lowest BCUT2D eigenvalue weighted by Crippen LogP contribution is -2.48. The molecule has 0 unspecified atom stereocenters. The third kappa shape index (κ3) is 5.20. The van der Waals surface area contributed by atoms with Crippen molar-refractivity contribution in [2.75, 3.05) is 49.7 Å². The topological polar surface area (TPSA) is 75.2 Å². The Hall–Kier alpha value is -3.59. The molecule has 1 fully saturated rings. The Morgan fingerprint density at radius 3 is 2.53 bits per heavy atom. The molecular formula is C29H34N4O4S. The van der Waals surface area contributed by atoms with Crippen molar-refractivity contribution in [3.63, 3.8) is 0 Å². The second kappa shape index (κ2) is 10.6. The number of anilines is 2. The van der Waals surface area contributed by atoms with Gasteiger partial charge in [0.2, 0.25) is 0 Å². The highest BCUT2D eigenvalue weighted by Crippen LogP contribution is 2.38. The maximum absolute atomic E-state index is 13.2. The lowest BCUT2D eigenvalue weighted by atomic mass is 9.82. The van der Waals surface area contributed by atoms with Crippen molar-refractivity contribution in [3.05, 3.63) is 64.1 Å². The molecule has 0 atom stereocenters. The molecule has 5 rings (SSSR count). The zero-order chi connectivity index (χ0) is 26.9. The van der Waals surface area contributed by atoms with Crippen LogP contribution >= 0.6 is 11.3 Å². The predicted octanol–water partition coefficient (Wildman–Crippen LogP) is 4.73. The van der Waals surface area contributed by atoms with E-state index in [9.17, 15) is 9.59 Å². The van der Waals surface area contributed by atoms with Gasteiger partial charge in [0.05, 0.1) is 19.3 Å². The molecule has 0 bridgehead atoms. The summed E-state index contributed by atoms with van der Waals surface area (Å²) in [5.74, 6) is 1.35. The van der Waals surface area contributed by atoms with E-state index >= 15 is 0 Å². The van der Waals surface area contributed by atoms with Crippen LogP contribution in [0.2, 0.25) is 0 Å². The van der Waals surface area contributed by atoms with Gasteiger partial charge in [0.15, 0.2) is 6.61 Å². The number of fused-ring (bicyclic) bond motifs is 1. The zero-order valence-electron chi connectivity index (χ0n) is 22.4. The third-order valence-corrected chi connectivity index (χ3v) is 8.47. The van der Waals surface area contributed by atoms with Crippen LogP contribution in [0.25, 0.3) is 0 Å². The predicted molar refractivity (Wildman–Crippen MR) is 150 cm³/mol. The van der Waals surface area contributed by atoms with Gasteiger partial charge < -0.3 is 19.3 Å². The van der Waals surface area contributed by atoms with Crippen LogP contribution in [0.4, 0.5) is 11.4 Å². The van der Waals surface area contributed by atoms with Crippen LogP contribution in [0.3, 0.4) is 0 Å². The molecule has 38 heavy (non-hydrogen) atoms. The highest BCUT2D eigenvalue weighted by molar-refractivity contribution is 7.09. The Bertz CT molecular complexity index is 1310. The first-order valence-electron chi connectivity index (χ1n) is 13.0. The fourth-order valence-corrected chi connectivity index (χ4v) is 5.50. The van der Waals surface area contributed by atoms with Crippen molar-refractivity contribution < 1.29 is 19.1 Å². The number of benzene rings is 2. The molecule has 2 aliphatic rings. The molecule has 3 aromatic rings. The van der Waals surface area contributed by atoms with Gasteiger partial charge in [0, 0.05) is 37.2 Å². The summed E-state index contributed by atoms with van der Waals surface area (Å²) in [7, 11) is 1.66. The van der Waals surface area contributed by atoms with Crippen LogP contribution in [-0.4, -0.2) is 61.6 Å². The molecule has 1 aromatic heterocycles. The van der Waals surface area contributed by atoms with Crippen LogP contribution in [0.5, 0.6) is 11.5 Å². The molecule has 0 saturated carbocycles. The summed E-state index contributed by atoms with van der Waals surface area (Å²) in [5.41, 5.74) is 3.46. The number of rotatable bonds is 7. The van der Waals surface area contributed by atoms with Gasteiger partial charge in [-0.15, -0.1) is 11.3 Å². The van der Waals surface area contributed by atoms with Gasteiger partial charge in [-0.2, -0.15) is 0 Å². The smallest absolute Gasteiger partial charge is 0.273 e. The number of aromatic nitrogens is 1. The van der Waals surface area contributed by atoms with Crippen LogP contribution in [0, 0.1) is 0 Å². The highest BCUT2D eigenvalue weighted by atomic mass is 32.1. The van der Waals surface area contributed by atoms with Crippen LogP contribution < -0.4 is 19.3 Å². The average Bonchev–Trinajstić information content (AvgIpc) is 3.42. The van der Waals surface area contributed by atoms with Crippen LogP contribution in [-0.2, 0) is 16.8 Å². The van der Waals surface area contributed by atoms with Gasteiger partial charge in [-0.25, -0.2) is 4.98 Å². The number of carbonyl (C=O) groups is 2. The second-order valence-corrected chi connectivity index (χ2v) is 11.2. The molecule has 0 N–H and O–H groups in total. The van der Waals surface area contributed by atoms with E-state index in [2.05, 4.69) is 42.8 Å². The Labute approximate surface area is 227 Å². The summed E-state index contributed by atoms with van der Waals surface area (Å²) in [4.78, 5) is 36.6. The van der Waals surface area contributed by atoms with Crippen molar-refractivity contribution in [2.24, 2.45) is 0 Å². The van der Waals surface area contributed by atoms with Crippen molar-refractivity contribution in [3.8, 4) is 11.5 Å². The SMILES string of the molecule is CCC(C)(C)c1ccc2c(c1)N(Cc1nc(C(=O)N3CCN(c4ccc(OC)cc4)CC3)cs1)C(=O)CO2. The first-order valence-corrected chi connectivity index (χ1v) is 13.9. The Morgan fingerprint density at radius 2 is 1.84 bits per heavy atom. The van der Waals surface area contributed by atoms with Gasteiger partial charge in [-0.3, -0.25) is 14.5 Å². The van der Waals surface area contributed by atoms with Crippen molar-refractivity contribution in [2.45, 2.75) is 39.2 Å². The summed E-state index contributed by atoms with van der Waals surface area (Å²) in [5, 5.41) is 2.53. The fraction of sp³-hybridized carbons (Fsp3) is 0.414. The summed E-state index contributed by atoms with van der Waals surface area (Å²) >= 11 is 1.41. The molecule has 0 radical (unpaired) electrons. The Morgan fingerprint density at radius 1 is 1.11 bits per heavy atom. The van der Waals surface area contributed by atoms with E-state index < -0.39 is 0 Å². The molecule has 0 aliphatic carbocycles. The van der Waals surface area contributed by atoms with Crippen molar-refractivity contribution >= 4 is 34.5 Å². The monoisotopic (exact) mass is 534 g/mol. The minimum Gasteiger partial charge on any atom is -0.497 e. The van der Waals surface area contributed by atoms with E-state index in [1.807, 2.05) is 35.2 Å². The van der Waals surface area contributed by atoms with Gasteiger partial charge >= 0.3 is 0 Å². The molecule has 1 saturated heterocycles. The Kier molecular flexibility index (Phi) is 7.29. The number of piperazine rings is 1. The second-order valence-electron chi connectivity index (χ2n) is 10.3. The lowest BCUT2D eigenvalue weighted by molar-refractivity contribution is -0.121. The van der Waals surface area contributed by atoms with Crippen LogP contribution in [0.1, 0.15) is 48.3 Å². The van der Waals surface area contributed by atoms with Gasteiger partial charge in [-0.05, 0) is 53.8 Å². The normalized spacial score (nSPS) is 15.8. The number of ether oxygens (including phenoxy) is 2. The minimum absolute atomic E-state index is 0.000840. The third-order valence-electron chi connectivity index (χ3n) is 7.64. The molecule has 2 aliphatic heterocycles. The maximum atomic E-state index is 13.2. The average molecular weight is 535 g/mol. The van der Waals surface area contributed by atoms with E-state index in [1.165, 1.54) is 11.3 Å². The number of hydrogen-bond donors (Lipinski definition) is 0. The molecule has 2 aromatic carbocycles. The fourth-order valence-electron chi connectivity index (χ4n) is 4.74. The first kappa shape index (κ1) is 26.0. The van der Waals surface area contributed by atoms with Crippen molar-refractivity contribution in [1.29, 1.82) is 0 Å². The number of methoxy groups -OCH3 is 1. The standard InChI is InChI=1S/C29H34N4O4S/c1-5-29(2,3)20-6-11-25-24(16-20)33(27(34)18-37-25)17-26-30-23(19-38-26)28(35)32-14-12-31(13-15-32)21-7-9-22(36-4)10-8-21/h6-11,16,19H,5,12-15,17-18H2,1-4H3. The molecule has 8 nitrogen and oxygen atoms in total. The van der Waals surface area contributed by atoms with Gasteiger partial charge in [0.1, 0.15) is 22.2 Å². The molecule has 3 heterocycles. The molecule has 9 heteroatoms. The number of carbonyl (C=O) groups excluding carboxylic acids is 2. The molecule has 2 amide bonds. The molecule has 0 spiro atoms. The number of amides is 2. The minimum atomic E-state index is -0.110. The van der Waals surface area contributed by atoms with Gasteiger partial charge in [0.25, 0.3) is 11.8 Å². The van der Waals surface area contributed by atoms with E-state index in [0.29, 0.717) is 31.1 Å². The van der Waals surface area contributed by atoms with E-state index in [1.54, 1.807) is 17.4 Å². The molecular weight excluding hydrogens is 500 g/mol. The van der Waals surface area contributed by atoms with E-state index in [0.717, 1.165) is 47.2 Å². The summed E-state index contributed by atoms with van der Waals surface area (Å²) in [6.07, 6.45) is 0.979. The highest BCUT2D eigenvalue weighted by Gasteiger charge is 2.30. The summed E-state index contributed by atoms with van der Waals surface area (Å²) in [6, 6.07) is 14.1. The largest absolute Gasteiger partial charge is 0.497 e. The maximum Gasteiger partial charge on any atom is 0.273 e. The number of nitrogens with zero attached hydrogens (tertiary/aromatic N) is 4. The summed E-state index contributed by atoms with van der Waals surface area (Å²) in [6.45, 7) is 9.63.